The number of pyridine rings is 1. The summed E-state index contributed by atoms with van der Waals surface area (Å²) in [5, 5.41) is 4.96. The number of hydrogen-bond donors (Lipinski definition) is 2. The van der Waals surface area contributed by atoms with Gasteiger partial charge in [0.2, 0.25) is 5.91 Å². The number of aromatic nitrogens is 1. The minimum absolute atomic E-state index is 0.0469. The zero-order valence-corrected chi connectivity index (χ0v) is 9.55. The lowest BCUT2D eigenvalue weighted by Gasteiger charge is -2.12. The van der Waals surface area contributed by atoms with Gasteiger partial charge in [0.05, 0.1) is 6.54 Å². The zero-order chi connectivity index (χ0) is 13.0. The molecule has 4 amide bonds. The summed E-state index contributed by atoms with van der Waals surface area (Å²) in [7, 11) is 0. The van der Waals surface area contributed by atoms with Crippen molar-refractivity contribution in [1.29, 1.82) is 0 Å². The van der Waals surface area contributed by atoms with E-state index < -0.39 is 11.9 Å². The number of carbonyl (C=O) groups excluding carboxylic acids is 3. The first-order valence-electron chi connectivity index (χ1n) is 5.40. The normalized spacial score (nSPS) is 14.6. The van der Waals surface area contributed by atoms with Crippen molar-refractivity contribution in [3.63, 3.8) is 0 Å². The highest BCUT2D eigenvalue weighted by atomic mass is 16.2. The van der Waals surface area contributed by atoms with Gasteiger partial charge >= 0.3 is 6.03 Å². The Morgan fingerprint density at radius 1 is 1.50 bits per heavy atom. The fraction of sp³-hybridized carbons (Fsp3) is 0.273. The maximum Gasteiger partial charge on any atom is 0.325 e. The fourth-order valence-corrected chi connectivity index (χ4v) is 1.52. The van der Waals surface area contributed by atoms with Gasteiger partial charge < -0.3 is 10.6 Å². The number of nitrogens with zero attached hydrogens (tertiary/aromatic N) is 2. The molecule has 2 heterocycles. The monoisotopic (exact) mass is 248 g/mol. The second-order valence-electron chi connectivity index (χ2n) is 3.78. The second kappa shape index (κ2) is 5.26. The third-order valence-electron chi connectivity index (χ3n) is 2.45. The molecule has 0 bridgehead atoms. The third kappa shape index (κ3) is 2.82. The molecule has 2 rings (SSSR count). The summed E-state index contributed by atoms with van der Waals surface area (Å²) in [6.07, 6.45) is 3.27. The lowest BCUT2D eigenvalue weighted by molar-refractivity contribution is -0.130. The van der Waals surface area contributed by atoms with Gasteiger partial charge in [0, 0.05) is 18.9 Å². The van der Waals surface area contributed by atoms with Crippen LogP contribution in [-0.4, -0.2) is 40.8 Å². The molecule has 1 saturated heterocycles. The average molecular weight is 248 g/mol. The first-order valence-corrected chi connectivity index (χ1v) is 5.40. The van der Waals surface area contributed by atoms with Crippen LogP contribution in [0.1, 0.15) is 5.56 Å². The summed E-state index contributed by atoms with van der Waals surface area (Å²) >= 11 is 0. The van der Waals surface area contributed by atoms with E-state index in [4.69, 9.17) is 0 Å². The first kappa shape index (κ1) is 12.0. The van der Waals surface area contributed by atoms with Crippen molar-refractivity contribution >= 4 is 17.8 Å². The predicted octanol–water partition coefficient (Wildman–Crippen LogP) is -0.750. The van der Waals surface area contributed by atoms with E-state index >= 15 is 0 Å². The number of imide groups is 1. The van der Waals surface area contributed by atoms with Gasteiger partial charge in [-0.25, -0.2) is 4.79 Å². The van der Waals surface area contributed by atoms with Gasteiger partial charge in [0.1, 0.15) is 6.54 Å². The summed E-state index contributed by atoms with van der Waals surface area (Å²) in [5.41, 5.74) is 0.850. The Morgan fingerprint density at radius 3 is 2.94 bits per heavy atom. The molecule has 0 spiro atoms. The van der Waals surface area contributed by atoms with E-state index in [9.17, 15) is 14.4 Å². The van der Waals surface area contributed by atoms with Gasteiger partial charge in [-0.15, -0.1) is 0 Å². The van der Waals surface area contributed by atoms with E-state index in [1.807, 2.05) is 6.07 Å². The van der Waals surface area contributed by atoms with Crippen LogP contribution in [0.3, 0.4) is 0 Å². The van der Waals surface area contributed by atoms with Gasteiger partial charge in [0.25, 0.3) is 5.91 Å². The van der Waals surface area contributed by atoms with Crippen LogP contribution in [-0.2, 0) is 16.1 Å². The standard InChI is InChI=1S/C11H12N4O3/c16-9(7-15-10(17)6-14-11(15)18)13-5-8-2-1-3-12-4-8/h1-4H,5-7H2,(H,13,16)(H,14,18). The molecule has 0 unspecified atom stereocenters. The van der Waals surface area contributed by atoms with Crippen LogP contribution in [0, 0.1) is 0 Å². The SMILES string of the molecule is O=C(CN1C(=O)CNC1=O)NCc1cccnc1. The lowest BCUT2D eigenvalue weighted by Crippen LogP contribution is -2.40. The Kier molecular flexibility index (Phi) is 3.52. The number of amides is 4. The van der Waals surface area contributed by atoms with Crippen molar-refractivity contribution < 1.29 is 14.4 Å². The molecule has 1 aromatic heterocycles. The molecular formula is C11H12N4O3. The van der Waals surface area contributed by atoms with E-state index in [1.165, 1.54) is 0 Å². The summed E-state index contributed by atoms with van der Waals surface area (Å²) in [4.78, 5) is 38.8. The van der Waals surface area contributed by atoms with Crippen LogP contribution in [0.15, 0.2) is 24.5 Å². The minimum atomic E-state index is -0.531. The Labute approximate surface area is 103 Å². The number of urea groups is 1. The van der Waals surface area contributed by atoms with Crippen LogP contribution in [0.5, 0.6) is 0 Å². The molecule has 0 aliphatic carbocycles. The van der Waals surface area contributed by atoms with E-state index in [0.29, 0.717) is 6.54 Å². The molecule has 7 heteroatoms. The summed E-state index contributed by atoms with van der Waals surface area (Å²) < 4.78 is 0. The van der Waals surface area contributed by atoms with Gasteiger partial charge in [0.15, 0.2) is 0 Å². The largest absolute Gasteiger partial charge is 0.350 e. The maximum absolute atomic E-state index is 11.6. The lowest BCUT2D eigenvalue weighted by atomic mass is 10.3. The average Bonchev–Trinajstić information content (AvgIpc) is 2.69. The van der Waals surface area contributed by atoms with E-state index in [0.717, 1.165) is 10.5 Å². The summed E-state index contributed by atoms with van der Waals surface area (Å²) in [5.74, 6) is -0.777. The van der Waals surface area contributed by atoms with Crippen molar-refractivity contribution in [3.8, 4) is 0 Å². The van der Waals surface area contributed by atoms with Gasteiger partial charge in [-0.2, -0.15) is 0 Å². The van der Waals surface area contributed by atoms with Crippen molar-refractivity contribution in [2.24, 2.45) is 0 Å². The Hall–Kier alpha value is -2.44. The molecule has 0 saturated carbocycles. The topological polar surface area (TPSA) is 91.4 Å². The van der Waals surface area contributed by atoms with Crippen molar-refractivity contribution in [2.75, 3.05) is 13.1 Å². The number of nitrogens with one attached hydrogen (secondary N) is 2. The van der Waals surface area contributed by atoms with Crippen LogP contribution < -0.4 is 10.6 Å². The Morgan fingerprint density at radius 2 is 2.33 bits per heavy atom. The smallest absolute Gasteiger partial charge is 0.325 e. The highest BCUT2D eigenvalue weighted by Gasteiger charge is 2.29. The van der Waals surface area contributed by atoms with Crippen LogP contribution >= 0.6 is 0 Å². The van der Waals surface area contributed by atoms with Crippen molar-refractivity contribution in [2.45, 2.75) is 6.54 Å². The Balaban J connectivity index is 1.82. The molecule has 0 atom stereocenters. The molecule has 1 fully saturated rings. The molecule has 1 aliphatic heterocycles. The van der Waals surface area contributed by atoms with Gasteiger partial charge in [-0.05, 0) is 11.6 Å². The van der Waals surface area contributed by atoms with Crippen LogP contribution in [0.2, 0.25) is 0 Å². The van der Waals surface area contributed by atoms with E-state index in [2.05, 4.69) is 15.6 Å². The van der Waals surface area contributed by atoms with Crippen molar-refractivity contribution in [1.82, 2.24) is 20.5 Å². The molecule has 94 valence electrons. The predicted molar refractivity (Wildman–Crippen MR) is 61.2 cm³/mol. The first-order chi connectivity index (χ1) is 8.66. The minimum Gasteiger partial charge on any atom is -0.350 e. The quantitative estimate of drug-likeness (QED) is 0.686. The zero-order valence-electron chi connectivity index (χ0n) is 9.55. The molecule has 2 N–H and O–H groups in total. The number of rotatable bonds is 4. The van der Waals surface area contributed by atoms with Gasteiger partial charge in [-0.3, -0.25) is 19.5 Å². The molecule has 18 heavy (non-hydrogen) atoms. The molecule has 1 aliphatic rings. The summed E-state index contributed by atoms with van der Waals surface area (Å²) in [6, 6.07) is 3.05. The number of carbonyl (C=O) groups is 3. The number of hydrogen-bond acceptors (Lipinski definition) is 4. The van der Waals surface area contributed by atoms with Crippen molar-refractivity contribution in [3.05, 3.63) is 30.1 Å². The Bertz CT molecular complexity index is 458. The summed E-state index contributed by atoms with van der Waals surface area (Å²) in [6.45, 7) is 0.00989. The maximum atomic E-state index is 11.6. The molecular weight excluding hydrogens is 236 g/mol. The van der Waals surface area contributed by atoms with E-state index in [1.54, 1.807) is 18.5 Å². The van der Waals surface area contributed by atoms with E-state index in [-0.39, 0.29) is 19.0 Å². The van der Waals surface area contributed by atoms with Crippen LogP contribution in [0.4, 0.5) is 4.79 Å². The third-order valence-corrected chi connectivity index (χ3v) is 2.45. The van der Waals surface area contributed by atoms with Crippen LogP contribution in [0.25, 0.3) is 0 Å². The second-order valence-corrected chi connectivity index (χ2v) is 3.78. The highest BCUT2D eigenvalue weighted by molar-refractivity contribution is 6.04. The molecule has 0 radical (unpaired) electrons. The van der Waals surface area contributed by atoms with Gasteiger partial charge in [-0.1, -0.05) is 6.07 Å². The molecule has 0 aromatic carbocycles. The highest BCUT2D eigenvalue weighted by Crippen LogP contribution is 1.99. The molecule has 1 aromatic rings. The molecule has 7 nitrogen and oxygen atoms in total. The fourth-order valence-electron chi connectivity index (χ4n) is 1.52.